The standard InChI is InChI=1S/C15H12ClN3O/c16-12-4-5-14(13(7-12)15(18)20)19-9-11-3-1-2-10(6-11)8-17/h1-7,19H,9H2,(H2,18,20). The first-order chi connectivity index (χ1) is 9.60. The van der Waals surface area contributed by atoms with Crippen LogP contribution in [0.2, 0.25) is 5.02 Å². The van der Waals surface area contributed by atoms with Gasteiger partial charge in [0.2, 0.25) is 0 Å². The predicted octanol–water partition coefficient (Wildman–Crippen LogP) is 2.92. The summed E-state index contributed by atoms with van der Waals surface area (Å²) in [5.41, 5.74) is 7.81. The van der Waals surface area contributed by atoms with Crippen LogP contribution in [0.15, 0.2) is 42.5 Å². The number of nitriles is 1. The Kier molecular flexibility index (Phi) is 4.24. The topological polar surface area (TPSA) is 78.9 Å². The second-order valence-electron chi connectivity index (χ2n) is 4.22. The molecule has 0 bridgehead atoms. The molecule has 0 aliphatic heterocycles. The Morgan fingerprint density at radius 2 is 2.10 bits per heavy atom. The van der Waals surface area contributed by atoms with E-state index in [1.165, 1.54) is 6.07 Å². The van der Waals surface area contributed by atoms with E-state index in [-0.39, 0.29) is 0 Å². The lowest BCUT2D eigenvalue weighted by atomic mass is 10.1. The molecule has 20 heavy (non-hydrogen) atoms. The zero-order valence-electron chi connectivity index (χ0n) is 10.6. The van der Waals surface area contributed by atoms with Crippen LogP contribution in [0.3, 0.4) is 0 Å². The molecular weight excluding hydrogens is 274 g/mol. The van der Waals surface area contributed by atoms with Crippen LogP contribution in [-0.2, 0) is 6.54 Å². The summed E-state index contributed by atoms with van der Waals surface area (Å²) < 4.78 is 0. The first kappa shape index (κ1) is 13.9. The Balaban J connectivity index is 2.19. The summed E-state index contributed by atoms with van der Waals surface area (Å²) in [4.78, 5) is 11.4. The van der Waals surface area contributed by atoms with Gasteiger partial charge in [-0.25, -0.2) is 0 Å². The van der Waals surface area contributed by atoms with Crippen molar-refractivity contribution < 1.29 is 4.79 Å². The Morgan fingerprint density at radius 3 is 2.80 bits per heavy atom. The molecule has 0 heterocycles. The molecular formula is C15H12ClN3O. The summed E-state index contributed by atoms with van der Waals surface area (Å²) in [7, 11) is 0. The van der Waals surface area contributed by atoms with E-state index in [9.17, 15) is 4.79 Å². The second kappa shape index (κ2) is 6.09. The molecule has 0 radical (unpaired) electrons. The third-order valence-corrected chi connectivity index (χ3v) is 3.02. The molecule has 0 aromatic heterocycles. The molecule has 0 aliphatic carbocycles. The van der Waals surface area contributed by atoms with Crippen molar-refractivity contribution in [2.24, 2.45) is 5.73 Å². The lowest BCUT2D eigenvalue weighted by Gasteiger charge is -2.10. The number of rotatable bonds is 4. The average Bonchev–Trinajstić information content (AvgIpc) is 2.46. The molecule has 2 aromatic carbocycles. The first-order valence-corrected chi connectivity index (χ1v) is 6.30. The fraction of sp³-hybridized carbons (Fsp3) is 0.0667. The number of halogens is 1. The molecule has 0 saturated carbocycles. The molecule has 0 spiro atoms. The number of anilines is 1. The minimum absolute atomic E-state index is 0.342. The monoisotopic (exact) mass is 285 g/mol. The van der Waals surface area contributed by atoms with Gasteiger partial charge < -0.3 is 11.1 Å². The Labute approximate surface area is 121 Å². The van der Waals surface area contributed by atoms with E-state index in [4.69, 9.17) is 22.6 Å². The van der Waals surface area contributed by atoms with E-state index < -0.39 is 5.91 Å². The fourth-order valence-corrected chi connectivity index (χ4v) is 1.99. The maximum Gasteiger partial charge on any atom is 0.250 e. The number of nitrogens with one attached hydrogen (secondary N) is 1. The van der Waals surface area contributed by atoms with E-state index in [2.05, 4.69) is 11.4 Å². The highest BCUT2D eigenvalue weighted by atomic mass is 35.5. The number of benzene rings is 2. The van der Waals surface area contributed by atoms with Gasteiger partial charge in [0.15, 0.2) is 0 Å². The molecule has 3 N–H and O–H groups in total. The van der Waals surface area contributed by atoms with Crippen molar-refractivity contribution in [2.75, 3.05) is 5.32 Å². The van der Waals surface area contributed by atoms with Crippen LogP contribution in [0.5, 0.6) is 0 Å². The highest BCUT2D eigenvalue weighted by molar-refractivity contribution is 6.31. The number of nitrogens with zero attached hydrogens (tertiary/aromatic N) is 1. The van der Waals surface area contributed by atoms with Crippen LogP contribution in [-0.4, -0.2) is 5.91 Å². The summed E-state index contributed by atoms with van der Waals surface area (Å²) >= 11 is 5.85. The molecule has 100 valence electrons. The summed E-state index contributed by atoms with van der Waals surface area (Å²) in [5.74, 6) is -0.541. The molecule has 2 aromatic rings. The van der Waals surface area contributed by atoms with Gasteiger partial charge in [-0.3, -0.25) is 4.79 Å². The quantitative estimate of drug-likeness (QED) is 0.906. The van der Waals surface area contributed by atoms with Gasteiger partial charge in [0.05, 0.1) is 17.2 Å². The van der Waals surface area contributed by atoms with Crippen LogP contribution < -0.4 is 11.1 Å². The maximum absolute atomic E-state index is 11.4. The van der Waals surface area contributed by atoms with Crippen LogP contribution in [0.4, 0.5) is 5.69 Å². The van der Waals surface area contributed by atoms with Gasteiger partial charge in [-0.2, -0.15) is 5.26 Å². The highest BCUT2D eigenvalue weighted by Crippen LogP contribution is 2.21. The zero-order valence-corrected chi connectivity index (χ0v) is 11.3. The molecule has 2 rings (SSSR count). The first-order valence-electron chi connectivity index (χ1n) is 5.92. The van der Waals surface area contributed by atoms with Crippen molar-refractivity contribution in [3.05, 3.63) is 64.2 Å². The average molecular weight is 286 g/mol. The second-order valence-corrected chi connectivity index (χ2v) is 4.66. The van der Waals surface area contributed by atoms with Gasteiger partial charge in [-0.05, 0) is 35.9 Å². The molecule has 4 nitrogen and oxygen atoms in total. The third kappa shape index (κ3) is 3.28. The zero-order chi connectivity index (χ0) is 14.5. The molecule has 0 atom stereocenters. The summed E-state index contributed by atoms with van der Waals surface area (Å²) in [6.45, 7) is 0.484. The van der Waals surface area contributed by atoms with Gasteiger partial charge in [-0.15, -0.1) is 0 Å². The molecule has 0 fully saturated rings. The van der Waals surface area contributed by atoms with Gasteiger partial charge in [0.1, 0.15) is 0 Å². The van der Waals surface area contributed by atoms with Gasteiger partial charge in [0.25, 0.3) is 5.91 Å². The SMILES string of the molecule is N#Cc1cccc(CNc2ccc(Cl)cc2C(N)=O)c1. The highest BCUT2D eigenvalue weighted by Gasteiger charge is 2.08. The van der Waals surface area contributed by atoms with Crippen molar-refractivity contribution in [1.29, 1.82) is 5.26 Å². The number of primary amides is 1. The van der Waals surface area contributed by atoms with Crippen molar-refractivity contribution >= 4 is 23.2 Å². The van der Waals surface area contributed by atoms with E-state index in [1.54, 1.807) is 24.3 Å². The maximum atomic E-state index is 11.4. The predicted molar refractivity (Wildman–Crippen MR) is 78.5 cm³/mol. The van der Waals surface area contributed by atoms with E-state index >= 15 is 0 Å². The summed E-state index contributed by atoms with van der Waals surface area (Å²) in [6, 6.07) is 14.2. The lowest BCUT2D eigenvalue weighted by molar-refractivity contribution is 0.100. The Bertz CT molecular complexity index is 692. The van der Waals surface area contributed by atoms with Crippen molar-refractivity contribution in [1.82, 2.24) is 0 Å². The van der Waals surface area contributed by atoms with Crippen LogP contribution in [0, 0.1) is 11.3 Å². The smallest absolute Gasteiger partial charge is 0.250 e. The largest absolute Gasteiger partial charge is 0.380 e. The van der Waals surface area contributed by atoms with Crippen LogP contribution >= 0.6 is 11.6 Å². The van der Waals surface area contributed by atoms with E-state index in [0.717, 1.165) is 5.56 Å². The van der Waals surface area contributed by atoms with Crippen molar-refractivity contribution in [3.8, 4) is 6.07 Å². The van der Waals surface area contributed by atoms with Crippen molar-refractivity contribution in [3.63, 3.8) is 0 Å². The Hall–Kier alpha value is -2.51. The number of carbonyl (C=O) groups is 1. The van der Waals surface area contributed by atoms with Gasteiger partial charge in [0, 0.05) is 17.3 Å². The van der Waals surface area contributed by atoms with Gasteiger partial charge >= 0.3 is 0 Å². The van der Waals surface area contributed by atoms with E-state index in [1.807, 2.05) is 12.1 Å². The number of hydrogen-bond donors (Lipinski definition) is 2. The number of nitrogens with two attached hydrogens (primary N) is 1. The fourth-order valence-electron chi connectivity index (χ4n) is 1.82. The number of carbonyl (C=O) groups excluding carboxylic acids is 1. The summed E-state index contributed by atoms with van der Waals surface area (Å²) in [5, 5.41) is 12.4. The lowest BCUT2D eigenvalue weighted by Crippen LogP contribution is -2.14. The molecule has 5 heteroatoms. The molecule has 0 saturated heterocycles. The van der Waals surface area contributed by atoms with E-state index in [0.29, 0.717) is 28.4 Å². The number of amides is 1. The minimum Gasteiger partial charge on any atom is -0.380 e. The van der Waals surface area contributed by atoms with Crippen LogP contribution in [0.25, 0.3) is 0 Å². The minimum atomic E-state index is -0.541. The third-order valence-electron chi connectivity index (χ3n) is 2.79. The summed E-state index contributed by atoms with van der Waals surface area (Å²) in [6.07, 6.45) is 0. The number of hydrogen-bond acceptors (Lipinski definition) is 3. The van der Waals surface area contributed by atoms with Gasteiger partial charge in [-0.1, -0.05) is 23.7 Å². The normalized spacial score (nSPS) is 9.80. The Morgan fingerprint density at radius 1 is 1.30 bits per heavy atom. The molecule has 1 amide bonds. The molecule has 0 aliphatic rings. The van der Waals surface area contributed by atoms with Crippen molar-refractivity contribution in [2.45, 2.75) is 6.54 Å². The van der Waals surface area contributed by atoms with Crippen LogP contribution in [0.1, 0.15) is 21.5 Å². The molecule has 0 unspecified atom stereocenters.